The van der Waals surface area contributed by atoms with Crippen LogP contribution in [-0.2, 0) is 9.59 Å². The number of halogens is 1. The first-order valence-corrected chi connectivity index (χ1v) is 10.6. The smallest absolute Gasteiger partial charge is 0.225 e. The predicted octanol–water partition coefficient (Wildman–Crippen LogP) is 3.07. The van der Waals surface area contributed by atoms with Crippen LogP contribution in [0.15, 0.2) is 24.3 Å². The third kappa shape index (κ3) is 4.57. The van der Waals surface area contributed by atoms with E-state index in [9.17, 15) is 9.59 Å². The van der Waals surface area contributed by atoms with Gasteiger partial charge in [0.25, 0.3) is 0 Å². The Kier molecular flexibility index (Phi) is 5.58. The van der Waals surface area contributed by atoms with Crippen LogP contribution in [0.1, 0.15) is 38.5 Å². The summed E-state index contributed by atoms with van der Waals surface area (Å²) in [6.07, 6.45) is 5.63. The summed E-state index contributed by atoms with van der Waals surface area (Å²) in [4.78, 5) is 29.4. The van der Waals surface area contributed by atoms with E-state index < -0.39 is 0 Å². The van der Waals surface area contributed by atoms with Gasteiger partial charge < -0.3 is 15.1 Å². The maximum absolute atomic E-state index is 12.9. The number of carbonyl (C=O) groups excluding carboxylic acids is 2. The van der Waals surface area contributed by atoms with E-state index in [1.807, 2.05) is 23.1 Å². The molecule has 0 radical (unpaired) electrons. The highest BCUT2D eigenvalue weighted by Gasteiger charge is 2.34. The standard InChI is InChI=1S/C21H28ClN3O2/c22-17-2-1-3-19(14-17)24-10-12-25(13-11-24)21(27)16-6-4-15(5-7-16)20(26)23-18-8-9-18/h1-3,14-16,18H,4-13H2,(H,23,26). The number of rotatable bonds is 4. The summed E-state index contributed by atoms with van der Waals surface area (Å²) in [7, 11) is 0. The van der Waals surface area contributed by atoms with Gasteiger partial charge in [0, 0.05) is 54.8 Å². The number of piperazine rings is 1. The zero-order chi connectivity index (χ0) is 18.8. The lowest BCUT2D eigenvalue weighted by Crippen LogP contribution is -2.51. The summed E-state index contributed by atoms with van der Waals surface area (Å²) in [5.74, 6) is 0.683. The molecule has 1 aromatic carbocycles. The minimum atomic E-state index is 0.0905. The summed E-state index contributed by atoms with van der Waals surface area (Å²) >= 11 is 6.09. The lowest BCUT2D eigenvalue weighted by molar-refractivity contribution is -0.138. The predicted molar refractivity (Wildman–Crippen MR) is 107 cm³/mol. The number of nitrogens with zero attached hydrogens (tertiary/aromatic N) is 2. The molecule has 2 amide bonds. The molecule has 0 atom stereocenters. The van der Waals surface area contributed by atoms with Gasteiger partial charge in [-0.05, 0) is 56.7 Å². The van der Waals surface area contributed by atoms with E-state index in [2.05, 4.69) is 16.3 Å². The number of carbonyl (C=O) groups is 2. The molecule has 3 fully saturated rings. The molecule has 4 rings (SSSR count). The monoisotopic (exact) mass is 389 g/mol. The van der Waals surface area contributed by atoms with Crippen LogP contribution in [-0.4, -0.2) is 48.9 Å². The summed E-state index contributed by atoms with van der Waals surface area (Å²) in [5, 5.41) is 3.85. The Hall–Kier alpha value is -1.75. The Balaban J connectivity index is 1.24. The normalized spacial score (nSPS) is 26.0. The second kappa shape index (κ2) is 8.09. The van der Waals surface area contributed by atoms with E-state index in [0.717, 1.165) is 75.4 Å². The zero-order valence-corrected chi connectivity index (χ0v) is 16.5. The number of benzene rings is 1. The molecule has 1 aliphatic heterocycles. The maximum atomic E-state index is 12.9. The molecule has 0 unspecified atom stereocenters. The van der Waals surface area contributed by atoms with Crippen molar-refractivity contribution in [3.63, 3.8) is 0 Å². The van der Waals surface area contributed by atoms with Crippen molar-refractivity contribution in [2.24, 2.45) is 11.8 Å². The van der Waals surface area contributed by atoms with Gasteiger partial charge in [-0.1, -0.05) is 17.7 Å². The Morgan fingerprint density at radius 3 is 2.22 bits per heavy atom. The van der Waals surface area contributed by atoms with E-state index in [4.69, 9.17) is 11.6 Å². The van der Waals surface area contributed by atoms with Crippen molar-refractivity contribution in [3.05, 3.63) is 29.3 Å². The summed E-state index contributed by atoms with van der Waals surface area (Å²) in [5.41, 5.74) is 1.12. The Morgan fingerprint density at radius 2 is 1.59 bits per heavy atom. The van der Waals surface area contributed by atoms with E-state index in [0.29, 0.717) is 6.04 Å². The third-order valence-corrected chi connectivity index (χ3v) is 6.37. The van der Waals surface area contributed by atoms with Crippen LogP contribution in [0.5, 0.6) is 0 Å². The van der Waals surface area contributed by atoms with Crippen molar-refractivity contribution in [2.45, 2.75) is 44.6 Å². The van der Waals surface area contributed by atoms with Gasteiger partial charge in [0.05, 0.1) is 0 Å². The Bertz CT molecular complexity index is 690. The molecule has 1 aromatic rings. The first kappa shape index (κ1) is 18.6. The van der Waals surface area contributed by atoms with Crippen molar-refractivity contribution in [1.82, 2.24) is 10.2 Å². The number of hydrogen-bond acceptors (Lipinski definition) is 3. The van der Waals surface area contributed by atoms with Gasteiger partial charge in [-0.25, -0.2) is 0 Å². The molecule has 2 saturated carbocycles. The van der Waals surface area contributed by atoms with Crippen LogP contribution >= 0.6 is 11.6 Å². The highest BCUT2D eigenvalue weighted by Crippen LogP contribution is 2.32. The molecule has 1 heterocycles. The van der Waals surface area contributed by atoms with E-state index in [-0.39, 0.29) is 23.7 Å². The van der Waals surface area contributed by atoms with Gasteiger partial charge in [0.2, 0.25) is 11.8 Å². The van der Waals surface area contributed by atoms with Crippen molar-refractivity contribution in [2.75, 3.05) is 31.1 Å². The zero-order valence-electron chi connectivity index (χ0n) is 15.7. The van der Waals surface area contributed by atoms with E-state index in [1.165, 1.54) is 0 Å². The lowest BCUT2D eigenvalue weighted by Gasteiger charge is -2.38. The van der Waals surface area contributed by atoms with Gasteiger partial charge in [-0.2, -0.15) is 0 Å². The summed E-state index contributed by atoms with van der Waals surface area (Å²) < 4.78 is 0. The molecule has 146 valence electrons. The quantitative estimate of drug-likeness (QED) is 0.861. The topological polar surface area (TPSA) is 52.7 Å². The van der Waals surface area contributed by atoms with Crippen molar-refractivity contribution < 1.29 is 9.59 Å². The molecule has 2 aliphatic carbocycles. The molecule has 1 N–H and O–H groups in total. The van der Waals surface area contributed by atoms with E-state index in [1.54, 1.807) is 0 Å². The number of anilines is 1. The summed E-state index contributed by atoms with van der Waals surface area (Å²) in [6.45, 7) is 3.19. The van der Waals surface area contributed by atoms with Crippen LogP contribution in [0.3, 0.4) is 0 Å². The van der Waals surface area contributed by atoms with Crippen LogP contribution in [0.4, 0.5) is 5.69 Å². The second-order valence-corrected chi connectivity index (χ2v) is 8.56. The second-order valence-electron chi connectivity index (χ2n) is 8.12. The maximum Gasteiger partial charge on any atom is 0.225 e. The Labute approximate surface area is 166 Å². The molecule has 6 heteroatoms. The van der Waals surface area contributed by atoms with Gasteiger partial charge >= 0.3 is 0 Å². The van der Waals surface area contributed by atoms with Crippen molar-refractivity contribution in [3.8, 4) is 0 Å². The minimum absolute atomic E-state index is 0.0905. The molecule has 0 aromatic heterocycles. The molecule has 5 nitrogen and oxygen atoms in total. The molecular weight excluding hydrogens is 362 g/mol. The number of hydrogen-bond donors (Lipinski definition) is 1. The first-order chi connectivity index (χ1) is 13.1. The van der Waals surface area contributed by atoms with Gasteiger partial charge in [-0.3, -0.25) is 9.59 Å². The average molecular weight is 390 g/mol. The van der Waals surface area contributed by atoms with Crippen LogP contribution in [0.25, 0.3) is 0 Å². The van der Waals surface area contributed by atoms with Crippen LogP contribution < -0.4 is 10.2 Å². The molecule has 3 aliphatic rings. The first-order valence-electron chi connectivity index (χ1n) is 10.2. The van der Waals surface area contributed by atoms with E-state index >= 15 is 0 Å². The average Bonchev–Trinajstić information content (AvgIpc) is 3.52. The highest BCUT2D eigenvalue weighted by atomic mass is 35.5. The van der Waals surface area contributed by atoms with Gasteiger partial charge in [-0.15, -0.1) is 0 Å². The molecule has 1 saturated heterocycles. The fraction of sp³-hybridized carbons (Fsp3) is 0.619. The van der Waals surface area contributed by atoms with Gasteiger partial charge in [0.15, 0.2) is 0 Å². The summed E-state index contributed by atoms with van der Waals surface area (Å²) in [6, 6.07) is 8.32. The molecule has 0 spiro atoms. The highest BCUT2D eigenvalue weighted by molar-refractivity contribution is 6.30. The lowest BCUT2D eigenvalue weighted by atomic mass is 9.81. The van der Waals surface area contributed by atoms with Crippen LogP contribution in [0.2, 0.25) is 5.02 Å². The molecule has 27 heavy (non-hydrogen) atoms. The fourth-order valence-corrected chi connectivity index (χ4v) is 4.45. The SMILES string of the molecule is O=C(NC1CC1)C1CCC(C(=O)N2CCN(c3cccc(Cl)c3)CC2)CC1. The Morgan fingerprint density at radius 1 is 0.926 bits per heavy atom. The van der Waals surface area contributed by atoms with Crippen LogP contribution in [0, 0.1) is 11.8 Å². The van der Waals surface area contributed by atoms with Crippen molar-refractivity contribution in [1.29, 1.82) is 0 Å². The number of nitrogens with one attached hydrogen (secondary N) is 1. The third-order valence-electron chi connectivity index (χ3n) is 6.14. The molecular formula is C21H28ClN3O2. The largest absolute Gasteiger partial charge is 0.368 e. The van der Waals surface area contributed by atoms with Crippen molar-refractivity contribution >= 4 is 29.1 Å². The fourth-order valence-electron chi connectivity index (χ4n) is 4.27. The minimum Gasteiger partial charge on any atom is -0.368 e. The molecule has 0 bridgehead atoms. The van der Waals surface area contributed by atoms with Gasteiger partial charge in [0.1, 0.15) is 0 Å². The number of amides is 2.